The molecule has 0 N–H and O–H groups in total. The summed E-state index contributed by atoms with van der Waals surface area (Å²) in [6, 6.07) is 0. The molecule has 0 saturated heterocycles. The Morgan fingerprint density at radius 1 is 0.917 bits per heavy atom. The minimum absolute atomic E-state index is 0.296. The predicted molar refractivity (Wildman–Crippen MR) is 61.6 cm³/mol. The third-order valence-corrected chi connectivity index (χ3v) is 6.71. The SMILES string of the molecule is CCCP(CCC)C(C)(C)CC. The van der Waals surface area contributed by atoms with Gasteiger partial charge in [0.2, 0.25) is 0 Å². The molecule has 0 nitrogen and oxygen atoms in total. The van der Waals surface area contributed by atoms with Gasteiger partial charge in [-0.05, 0) is 23.9 Å². The van der Waals surface area contributed by atoms with Gasteiger partial charge >= 0.3 is 0 Å². The lowest BCUT2D eigenvalue weighted by molar-refractivity contribution is 0.664. The van der Waals surface area contributed by atoms with Crippen LogP contribution in [0.5, 0.6) is 0 Å². The normalized spacial score (nSPS) is 12.5. The second kappa shape index (κ2) is 5.97. The molecule has 0 radical (unpaired) electrons. The molecule has 74 valence electrons. The van der Waals surface area contributed by atoms with Gasteiger partial charge in [-0.3, -0.25) is 0 Å². The topological polar surface area (TPSA) is 0 Å². The average molecular weight is 188 g/mol. The summed E-state index contributed by atoms with van der Waals surface area (Å²) in [5, 5.41) is 0.626. The highest BCUT2D eigenvalue weighted by Crippen LogP contribution is 2.51. The van der Waals surface area contributed by atoms with Crippen molar-refractivity contribution in [2.75, 3.05) is 12.3 Å². The van der Waals surface area contributed by atoms with E-state index in [-0.39, 0.29) is 0 Å². The van der Waals surface area contributed by atoms with Gasteiger partial charge in [0.1, 0.15) is 0 Å². The molecule has 12 heavy (non-hydrogen) atoms. The molecule has 0 aliphatic carbocycles. The molecular weight excluding hydrogens is 163 g/mol. The van der Waals surface area contributed by atoms with Gasteiger partial charge in [-0.15, -0.1) is 7.92 Å². The maximum atomic E-state index is 2.45. The minimum Gasteiger partial charge on any atom is -0.101 e. The summed E-state index contributed by atoms with van der Waals surface area (Å²) in [6.45, 7) is 11.9. The molecule has 0 aromatic heterocycles. The molecule has 0 aromatic rings. The third-order valence-electron chi connectivity index (χ3n) is 2.71. The van der Waals surface area contributed by atoms with Crippen LogP contribution >= 0.6 is 7.92 Å². The standard InChI is InChI=1S/C11H25P/c1-6-9-12(10-7-2)11(4,5)8-3/h6-10H2,1-5H3. The Bertz CT molecular complexity index is 102. The molecule has 0 atom stereocenters. The first-order valence-electron chi connectivity index (χ1n) is 5.33. The summed E-state index contributed by atoms with van der Waals surface area (Å²) in [6.07, 6.45) is 7.04. The lowest BCUT2D eigenvalue weighted by Gasteiger charge is -2.34. The van der Waals surface area contributed by atoms with Crippen molar-refractivity contribution in [3.63, 3.8) is 0 Å². The molecule has 0 aliphatic heterocycles. The van der Waals surface area contributed by atoms with E-state index < -0.39 is 0 Å². The van der Waals surface area contributed by atoms with Crippen LogP contribution in [0.1, 0.15) is 53.9 Å². The van der Waals surface area contributed by atoms with E-state index in [9.17, 15) is 0 Å². The second-order valence-corrected chi connectivity index (χ2v) is 7.34. The quantitative estimate of drug-likeness (QED) is 0.539. The molecule has 1 heteroatoms. The van der Waals surface area contributed by atoms with Crippen LogP contribution in [0.4, 0.5) is 0 Å². The molecule has 0 aromatic carbocycles. The summed E-state index contributed by atoms with van der Waals surface area (Å²) in [5.41, 5.74) is 0. The zero-order chi connectivity index (χ0) is 9.61. The molecule has 0 saturated carbocycles. The van der Waals surface area contributed by atoms with Crippen LogP contribution in [0.25, 0.3) is 0 Å². The molecule has 0 heterocycles. The summed E-state index contributed by atoms with van der Waals surface area (Å²) in [7, 11) is 0.296. The van der Waals surface area contributed by atoms with E-state index in [0.29, 0.717) is 13.1 Å². The fourth-order valence-electron chi connectivity index (χ4n) is 1.48. The van der Waals surface area contributed by atoms with E-state index in [1.807, 2.05) is 0 Å². The highest BCUT2D eigenvalue weighted by molar-refractivity contribution is 7.59. The van der Waals surface area contributed by atoms with E-state index in [4.69, 9.17) is 0 Å². The van der Waals surface area contributed by atoms with Crippen LogP contribution in [0.3, 0.4) is 0 Å². The van der Waals surface area contributed by atoms with Crippen molar-refractivity contribution >= 4 is 7.92 Å². The molecular formula is C11H25P. The van der Waals surface area contributed by atoms with Crippen molar-refractivity contribution in [1.82, 2.24) is 0 Å². The summed E-state index contributed by atoms with van der Waals surface area (Å²) in [5.74, 6) is 0. The highest BCUT2D eigenvalue weighted by atomic mass is 31.1. The predicted octanol–water partition coefficient (Wildman–Crippen LogP) is 4.48. The first-order valence-corrected chi connectivity index (χ1v) is 7.04. The molecule has 0 spiro atoms. The maximum absolute atomic E-state index is 2.45. The van der Waals surface area contributed by atoms with Crippen molar-refractivity contribution in [2.45, 2.75) is 59.0 Å². The van der Waals surface area contributed by atoms with Crippen molar-refractivity contribution in [1.29, 1.82) is 0 Å². The van der Waals surface area contributed by atoms with Gasteiger partial charge in [0.25, 0.3) is 0 Å². The van der Waals surface area contributed by atoms with Gasteiger partial charge in [0.15, 0.2) is 0 Å². The van der Waals surface area contributed by atoms with E-state index in [1.165, 1.54) is 31.6 Å². The fourth-order valence-corrected chi connectivity index (χ4v) is 4.44. The van der Waals surface area contributed by atoms with E-state index in [1.54, 1.807) is 0 Å². The van der Waals surface area contributed by atoms with Gasteiger partial charge in [0, 0.05) is 0 Å². The van der Waals surface area contributed by atoms with Crippen LogP contribution in [0.15, 0.2) is 0 Å². The lowest BCUT2D eigenvalue weighted by Crippen LogP contribution is -2.19. The summed E-state index contributed by atoms with van der Waals surface area (Å²) >= 11 is 0. The highest BCUT2D eigenvalue weighted by Gasteiger charge is 2.24. The summed E-state index contributed by atoms with van der Waals surface area (Å²) in [4.78, 5) is 0. The smallest absolute Gasteiger partial charge is 0.0154 e. The number of hydrogen-bond donors (Lipinski definition) is 0. The first kappa shape index (κ1) is 12.4. The zero-order valence-electron chi connectivity index (χ0n) is 9.48. The molecule has 0 rings (SSSR count). The second-order valence-electron chi connectivity index (χ2n) is 4.15. The first-order chi connectivity index (χ1) is 5.58. The maximum Gasteiger partial charge on any atom is -0.0154 e. The number of hydrogen-bond acceptors (Lipinski definition) is 0. The Morgan fingerprint density at radius 2 is 1.33 bits per heavy atom. The minimum atomic E-state index is 0.296. The van der Waals surface area contributed by atoms with Crippen LogP contribution in [0.2, 0.25) is 0 Å². The van der Waals surface area contributed by atoms with Gasteiger partial charge in [-0.2, -0.15) is 0 Å². The van der Waals surface area contributed by atoms with Crippen molar-refractivity contribution < 1.29 is 0 Å². The Morgan fingerprint density at radius 3 is 1.58 bits per heavy atom. The van der Waals surface area contributed by atoms with E-state index in [0.717, 1.165) is 0 Å². The number of rotatable bonds is 6. The third kappa shape index (κ3) is 3.90. The van der Waals surface area contributed by atoms with Crippen LogP contribution in [-0.4, -0.2) is 17.5 Å². The van der Waals surface area contributed by atoms with Crippen molar-refractivity contribution in [3.05, 3.63) is 0 Å². The zero-order valence-corrected chi connectivity index (χ0v) is 10.4. The molecule has 0 unspecified atom stereocenters. The van der Waals surface area contributed by atoms with Crippen molar-refractivity contribution in [2.24, 2.45) is 0 Å². The van der Waals surface area contributed by atoms with Gasteiger partial charge < -0.3 is 0 Å². The summed E-state index contributed by atoms with van der Waals surface area (Å²) < 4.78 is 0. The molecule has 0 aliphatic rings. The van der Waals surface area contributed by atoms with Gasteiger partial charge in [-0.25, -0.2) is 0 Å². The monoisotopic (exact) mass is 188 g/mol. The molecule has 0 fully saturated rings. The Balaban J connectivity index is 4.07. The Labute approximate surface area is 79.9 Å². The average Bonchev–Trinajstić information content (AvgIpc) is 2.04. The van der Waals surface area contributed by atoms with Gasteiger partial charge in [0.05, 0.1) is 0 Å². The van der Waals surface area contributed by atoms with Crippen molar-refractivity contribution in [3.8, 4) is 0 Å². The van der Waals surface area contributed by atoms with Crippen LogP contribution in [0, 0.1) is 0 Å². The Kier molecular flexibility index (Phi) is 6.19. The van der Waals surface area contributed by atoms with Crippen LogP contribution < -0.4 is 0 Å². The Hall–Kier alpha value is 0.430. The largest absolute Gasteiger partial charge is 0.101 e. The molecule has 0 amide bonds. The van der Waals surface area contributed by atoms with E-state index in [2.05, 4.69) is 34.6 Å². The fraction of sp³-hybridized carbons (Fsp3) is 1.00. The molecule has 0 bridgehead atoms. The van der Waals surface area contributed by atoms with E-state index >= 15 is 0 Å². The van der Waals surface area contributed by atoms with Gasteiger partial charge in [-0.1, -0.05) is 47.5 Å². The van der Waals surface area contributed by atoms with Crippen LogP contribution in [-0.2, 0) is 0 Å². The lowest BCUT2D eigenvalue weighted by atomic mass is 10.1.